The second-order valence-corrected chi connectivity index (χ2v) is 8.30. The topological polar surface area (TPSA) is 75.6 Å². The van der Waals surface area contributed by atoms with Gasteiger partial charge in [-0.05, 0) is 34.7 Å². The summed E-state index contributed by atoms with van der Waals surface area (Å²) in [5.74, 6) is -1.13. The number of hydrogen-bond acceptors (Lipinski definition) is 3. The van der Waals surface area contributed by atoms with Crippen LogP contribution >= 0.6 is 23.2 Å². The van der Waals surface area contributed by atoms with E-state index in [-0.39, 0.29) is 18.4 Å². The van der Waals surface area contributed by atoms with E-state index >= 15 is 0 Å². The molecule has 1 atom stereocenters. The molecular formula is C21H23Cl2NO4. The van der Waals surface area contributed by atoms with Gasteiger partial charge in [0.05, 0.1) is 17.5 Å². The Kier molecular flexibility index (Phi) is 7.33. The number of halogens is 2. The molecule has 28 heavy (non-hydrogen) atoms. The molecule has 0 radical (unpaired) electrons. The second-order valence-electron chi connectivity index (χ2n) is 7.45. The van der Waals surface area contributed by atoms with Crippen LogP contribution in [0.5, 0.6) is 5.75 Å². The molecule has 0 saturated heterocycles. The van der Waals surface area contributed by atoms with Gasteiger partial charge >= 0.3 is 5.97 Å². The predicted molar refractivity (Wildman–Crippen MR) is 110 cm³/mol. The highest BCUT2D eigenvalue weighted by molar-refractivity contribution is 6.35. The maximum atomic E-state index is 12.3. The molecule has 0 spiro atoms. The lowest BCUT2D eigenvalue weighted by Crippen LogP contribution is -2.34. The maximum Gasteiger partial charge on any atom is 0.305 e. The van der Waals surface area contributed by atoms with Crippen molar-refractivity contribution in [1.29, 1.82) is 0 Å². The average molecular weight is 424 g/mol. The number of rotatable bonds is 7. The molecule has 0 heterocycles. The smallest absolute Gasteiger partial charge is 0.305 e. The third-order valence-electron chi connectivity index (χ3n) is 4.15. The lowest BCUT2D eigenvalue weighted by molar-refractivity contribution is -0.137. The SMILES string of the molecule is CC(C)(C)c1ccc([C@H](CC(=O)O)NC(=O)COc2ccc(Cl)cc2Cl)cc1. The number of carboxylic acid groups (broad SMARTS) is 1. The van der Waals surface area contributed by atoms with Crippen molar-refractivity contribution >= 4 is 35.1 Å². The van der Waals surface area contributed by atoms with Gasteiger partial charge in [0.15, 0.2) is 6.61 Å². The van der Waals surface area contributed by atoms with Gasteiger partial charge in [-0.2, -0.15) is 0 Å². The zero-order valence-corrected chi connectivity index (χ0v) is 17.5. The van der Waals surface area contributed by atoms with E-state index in [2.05, 4.69) is 26.1 Å². The summed E-state index contributed by atoms with van der Waals surface area (Å²) < 4.78 is 5.41. The van der Waals surface area contributed by atoms with Crippen LogP contribution in [0.25, 0.3) is 0 Å². The molecule has 0 saturated carbocycles. The van der Waals surface area contributed by atoms with Gasteiger partial charge in [0, 0.05) is 5.02 Å². The normalized spacial score (nSPS) is 12.3. The van der Waals surface area contributed by atoms with Gasteiger partial charge in [-0.25, -0.2) is 0 Å². The molecule has 2 N–H and O–H groups in total. The summed E-state index contributed by atoms with van der Waals surface area (Å²) in [7, 11) is 0. The van der Waals surface area contributed by atoms with Crippen LogP contribution in [0, 0.1) is 0 Å². The highest BCUT2D eigenvalue weighted by atomic mass is 35.5. The molecule has 5 nitrogen and oxygen atoms in total. The van der Waals surface area contributed by atoms with Gasteiger partial charge in [-0.3, -0.25) is 9.59 Å². The summed E-state index contributed by atoms with van der Waals surface area (Å²) in [5, 5.41) is 12.7. The Balaban J connectivity index is 2.06. The van der Waals surface area contributed by atoms with E-state index in [4.69, 9.17) is 27.9 Å². The second kappa shape index (κ2) is 9.30. The first-order valence-electron chi connectivity index (χ1n) is 8.75. The van der Waals surface area contributed by atoms with E-state index in [0.29, 0.717) is 21.4 Å². The number of aliphatic carboxylic acids is 1. The van der Waals surface area contributed by atoms with Crippen LogP contribution in [-0.2, 0) is 15.0 Å². The molecule has 2 aromatic carbocycles. The van der Waals surface area contributed by atoms with Crippen molar-refractivity contribution in [2.45, 2.75) is 38.6 Å². The lowest BCUT2D eigenvalue weighted by Gasteiger charge is -2.22. The van der Waals surface area contributed by atoms with Crippen LogP contribution in [0.1, 0.15) is 44.4 Å². The lowest BCUT2D eigenvalue weighted by atomic mass is 9.86. The summed E-state index contributed by atoms with van der Waals surface area (Å²) in [6.07, 6.45) is -0.234. The number of nitrogens with one attached hydrogen (secondary N) is 1. The zero-order valence-electron chi connectivity index (χ0n) is 16.0. The summed E-state index contributed by atoms with van der Waals surface area (Å²) in [6, 6.07) is 11.6. The molecule has 0 bridgehead atoms. The van der Waals surface area contributed by atoms with Crippen molar-refractivity contribution in [3.8, 4) is 5.75 Å². The van der Waals surface area contributed by atoms with Crippen LogP contribution in [-0.4, -0.2) is 23.6 Å². The van der Waals surface area contributed by atoms with E-state index in [1.54, 1.807) is 12.1 Å². The molecule has 7 heteroatoms. The van der Waals surface area contributed by atoms with E-state index in [1.165, 1.54) is 6.07 Å². The van der Waals surface area contributed by atoms with Gasteiger partial charge in [0.2, 0.25) is 0 Å². The number of ether oxygens (including phenoxy) is 1. The fourth-order valence-corrected chi connectivity index (χ4v) is 3.08. The number of carbonyl (C=O) groups is 2. The Hall–Kier alpha value is -2.24. The van der Waals surface area contributed by atoms with Crippen LogP contribution in [0.4, 0.5) is 0 Å². The molecule has 0 aliphatic heterocycles. The van der Waals surface area contributed by atoms with Crippen molar-refractivity contribution in [1.82, 2.24) is 5.32 Å². The monoisotopic (exact) mass is 423 g/mol. The molecular weight excluding hydrogens is 401 g/mol. The fraction of sp³-hybridized carbons (Fsp3) is 0.333. The van der Waals surface area contributed by atoms with Crippen molar-refractivity contribution in [2.24, 2.45) is 0 Å². The summed E-state index contributed by atoms with van der Waals surface area (Å²) in [4.78, 5) is 23.5. The highest BCUT2D eigenvalue weighted by Crippen LogP contribution is 2.28. The van der Waals surface area contributed by atoms with E-state index in [1.807, 2.05) is 24.3 Å². The Morgan fingerprint density at radius 3 is 2.29 bits per heavy atom. The van der Waals surface area contributed by atoms with E-state index < -0.39 is 17.9 Å². The van der Waals surface area contributed by atoms with Crippen LogP contribution in [0.3, 0.4) is 0 Å². The third-order valence-corrected chi connectivity index (χ3v) is 4.68. The summed E-state index contributed by atoms with van der Waals surface area (Å²) in [6.45, 7) is 5.99. The molecule has 0 aliphatic carbocycles. The maximum absolute atomic E-state index is 12.3. The zero-order chi connectivity index (χ0) is 20.9. The van der Waals surface area contributed by atoms with E-state index in [9.17, 15) is 14.7 Å². The van der Waals surface area contributed by atoms with Gasteiger partial charge in [-0.15, -0.1) is 0 Å². The Labute approximate surface area is 174 Å². The molecule has 1 amide bonds. The largest absolute Gasteiger partial charge is 0.482 e. The summed E-state index contributed by atoms with van der Waals surface area (Å²) in [5.41, 5.74) is 1.82. The van der Waals surface area contributed by atoms with E-state index in [0.717, 1.165) is 5.56 Å². The Bertz CT molecular complexity index is 844. The van der Waals surface area contributed by atoms with Crippen LogP contribution in [0.2, 0.25) is 10.0 Å². The number of carbonyl (C=O) groups excluding carboxylic acids is 1. The van der Waals surface area contributed by atoms with Crippen molar-refractivity contribution in [3.63, 3.8) is 0 Å². The van der Waals surface area contributed by atoms with Crippen molar-refractivity contribution in [2.75, 3.05) is 6.61 Å². The van der Waals surface area contributed by atoms with Gasteiger partial charge in [0.25, 0.3) is 5.91 Å². The molecule has 2 rings (SSSR count). The van der Waals surface area contributed by atoms with Gasteiger partial charge in [-0.1, -0.05) is 68.2 Å². The Morgan fingerprint density at radius 1 is 1.11 bits per heavy atom. The van der Waals surface area contributed by atoms with Crippen LogP contribution < -0.4 is 10.1 Å². The Morgan fingerprint density at radius 2 is 1.75 bits per heavy atom. The van der Waals surface area contributed by atoms with Crippen LogP contribution in [0.15, 0.2) is 42.5 Å². The predicted octanol–water partition coefficient (Wildman–Crippen LogP) is 5.00. The average Bonchev–Trinajstić information content (AvgIpc) is 2.59. The third kappa shape index (κ3) is 6.43. The highest BCUT2D eigenvalue weighted by Gasteiger charge is 2.20. The molecule has 0 aromatic heterocycles. The molecule has 150 valence electrons. The quantitative estimate of drug-likeness (QED) is 0.656. The van der Waals surface area contributed by atoms with Crippen molar-refractivity contribution in [3.05, 3.63) is 63.6 Å². The first-order valence-corrected chi connectivity index (χ1v) is 9.51. The minimum Gasteiger partial charge on any atom is -0.482 e. The minimum absolute atomic E-state index is 0.0181. The summed E-state index contributed by atoms with van der Waals surface area (Å²) >= 11 is 11.8. The standard InChI is InChI=1S/C21H23Cl2NO4/c1-21(2,3)14-6-4-13(5-7-14)17(11-20(26)27)24-19(25)12-28-18-9-8-15(22)10-16(18)23/h4-10,17H,11-12H2,1-3H3,(H,24,25)(H,26,27)/t17-/m0/s1. The van der Waals surface area contributed by atoms with Gasteiger partial charge in [0.1, 0.15) is 5.75 Å². The minimum atomic E-state index is -1.01. The molecule has 0 fully saturated rings. The fourth-order valence-electron chi connectivity index (χ4n) is 2.61. The number of amides is 1. The molecule has 0 unspecified atom stereocenters. The first kappa shape index (κ1) is 22.1. The number of carboxylic acids is 1. The molecule has 0 aliphatic rings. The number of hydrogen-bond donors (Lipinski definition) is 2. The van der Waals surface area contributed by atoms with Crippen molar-refractivity contribution < 1.29 is 19.4 Å². The first-order chi connectivity index (χ1) is 13.1. The van der Waals surface area contributed by atoms with Gasteiger partial charge < -0.3 is 15.2 Å². The molecule has 2 aromatic rings. The number of benzene rings is 2.